The zero-order chi connectivity index (χ0) is 26.0. The molecule has 0 unspecified atom stereocenters. The van der Waals surface area contributed by atoms with Crippen LogP contribution in [0.3, 0.4) is 0 Å². The maximum Gasteiger partial charge on any atom is 0.317 e. The van der Waals surface area contributed by atoms with Crippen LogP contribution in [0.2, 0.25) is 0 Å². The Balaban J connectivity index is 1.31. The van der Waals surface area contributed by atoms with Crippen molar-refractivity contribution in [2.24, 2.45) is 5.41 Å². The molecule has 1 saturated heterocycles. The second kappa shape index (κ2) is 10.0. The Morgan fingerprint density at radius 3 is 2.54 bits per heavy atom. The van der Waals surface area contributed by atoms with Gasteiger partial charge in [0.1, 0.15) is 0 Å². The third-order valence-corrected chi connectivity index (χ3v) is 7.97. The van der Waals surface area contributed by atoms with Crippen LogP contribution < -0.4 is 10.9 Å². The molecule has 2 fully saturated rings. The molecule has 2 N–H and O–H groups in total. The Labute approximate surface area is 213 Å². The van der Waals surface area contributed by atoms with Crippen molar-refractivity contribution in [3.63, 3.8) is 0 Å². The topological polar surface area (TPSA) is 87.5 Å². The molecule has 2 aromatic carbocycles. The van der Waals surface area contributed by atoms with Crippen molar-refractivity contribution in [3.05, 3.63) is 88.5 Å². The quantitative estimate of drug-likeness (QED) is 0.544. The average molecular weight is 509 g/mol. The predicted octanol–water partition coefficient (Wildman–Crippen LogP) is 4.10. The lowest BCUT2D eigenvalue weighted by Gasteiger charge is -2.52. The van der Waals surface area contributed by atoms with E-state index in [1.165, 1.54) is 29.1 Å². The molecular formula is C28H30F2N4O3. The highest BCUT2D eigenvalue weighted by Crippen LogP contribution is 2.51. The van der Waals surface area contributed by atoms with Gasteiger partial charge in [-0.1, -0.05) is 55.3 Å². The Morgan fingerprint density at radius 1 is 1.05 bits per heavy atom. The van der Waals surface area contributed by atoms with Gasteiger partial charge in [0.25, 0.3) is 5.56 Å². The first-order valence-electron chi connectivity index (χ1n) is 12.6. The molecule has 1 saturated carbocycles. The van der Waals surface area contributed by atoms with Crippen molar-refractivity contribution in [2.75, 3.05) is 13.1 Å². The summed E-state index contributed by atoms with van der Waals surface area (Å²) in [5, 5.41) is 14.6. The number of amides is 2. The van der Waals surface area contributed by atoms with Crippen molar-refractivity contribution in [3.8, 4) is 11.3 Å². The second-order valence-electron chi connectivity index (χ2n) is 10.2. The number of hydrogen-bond acceptors (Lipinski definition) is 4. The number of piperidine rings is 1. The van der Waals surface area contributed by atoms with Crippen molar-refractivity contribution in [2.45, 2.75) is 50.8 Å². The molecule has 2 heterocycles. The first-order valence-corrected chi connectivity index (χ1v) is 12.6. The molecule has 1 atom stereocenters. The Morgan fingerprint density at radius 2 is 1.81 bits per heavy atom. The lowest BCUT2D eigenvalue weighted by molar-refractivity contribution is -0.135. The monoisotopic (exact) mass is 508 g/mol. The Kier molecular flexibility index (Phi) is 6.81. The summed E-state index contributed by atoms with van der Waals surface area (Å²) in [6, 6.07) is 14.4. The van der Waals surface area contributed by atoms with Crippen molar-refractivity contribution in [1.29, 1.82) is 0 Å². The van der Waals surface area contributed by atoms with Crippen molar-refractivity contribution >= 4 is 6.03 Å². The van der Waals surface area contributed by atoms with Crippen LogP contribution in [-0.2, 0) is 13.1 Å². The van der Waals surface area contributed by atoms with Gasteiger partial charge in [0.15, 0.2) is 11.6 Å². The van der Waals surface area contributed by atoms with Gasteiger partial charge in [-0.15, -0.1) is 0 Å². The molecule has 9 heteroatoms. The van der Waals surface area contributed by atoms with Gasteiger partial charge < -0.3 is 15.3 Å². The maximum absolute atomic E-state index is 14.0. The number of aromatic nitrogens is 2. The highest BCUT2D eigenvalue weighted by atomic mass is 19.2. The second-order valence-corrected chi connectivity index (χ2v) is 10.2. The van der Waals surface area contributed by atoms with Gasteiger partial charge in [-0.05, 0) is 25.3 Å². The van der Waals surface area contributed by atoms with Gasteiger partial charge in [-0.2, -0.15) is 0 Å². The highest BCUT2D eigenvalue weighted by molar-refractivity contribution is 5.74. The van der Waals surface area contributed by atoms with Gasteiger partial charge in [0.2, 0.25) is 0 Å². The van der Waals surface area contributed by atoms with E-state index in [1.54, 1.807) is 4.90 Å². The Hall–Kier alpha value is -3.59. The number of carbonyl (C=O) groups is 1. The average Bonchev–Trinajstić information content (AvgIpc) is 3.38. The molecule has 3 aromatic rings. The lowest BCUT2D eigenvalue weighted by atomic mass is 9.66. The first kappa shape index (κ1) is 25.1. The predicted molar refractivity (Wildman–Crippen MR) is 135 cm³/mol. The van der Waals surface area contributed by atoms with E-state index in [2.05, 4.69) is 10.3 Å². The van der Waals surface area contributed by atoms with Crippen LogP contribution >= 0.6 is 0 Å². The number of hydrogen-bond donors (Lipinski definition) is 2. The summed E-state index contributed by atoms with van der Waals surface area (Å²) in [6.45, 7) is 0.564. The Bertz CT molecular complexity index is 1340. The van der Waals surface area contributed by atoms with E-state index < -0.39 is 22.7 Å². The van der Waals surface area contributed by atoms with Gasteiger partial charge in [-0.25, -0.2) is 18.6 Å². The van der Waals surface area contributed by atoms with Crippen LogP contribution in [-0.4, -0.2) is 44.3 Å². The van der Waals surface area contributed by atoms with Crippen LogP contribution in [0.1, 0.15) is 37.7 Å². The minimum absolute atomic E-state index is 0.0725. The molecule has 194 valence electrons. The molecule has 1 aliphatic carbocycles. The summed E-state index contributed by atoms with van der Waals surface area (Å²) in [7, 11) is 0. The lowest BCUT2D eigenvalue weighted by Crippen LogP contribution is -2.63. The SMILES string of the molecule is O=C(NCc1cccc(F)c1F)N1CC[C@@](O)(Cn2cnc(-c3ccccc3)cc2=O)C2(CCCC2)C1. The van der Waals surface area contributed by atoms with Crippen LogP contribution in [0.15, 0.2) is 65.7 Å². The van der Waals surface area contributed by atoms with E-state index >= 15 is 0 Å². The van der Waals surface area contributed by atoms with E-state index in [1.807, 2.05) is 30.3 Å². The van der Waals surface area contributed by atoms with Crippen molar-refractivity contribution in [1.82, 2.24) is 19.8 Å². The molecular weight excluding hydrogens is 478 g/mol. The molecule has 2 amide bonds. The van der Waals surface area contributed by atoms with Gasteiger partial charge in [-0.3, -0.25) is 9.36 Å². The summed E-state index contributed by atoms with van der Waals surface area (Å²) >= 11 is 0. The zero-order valence-electron chi connectivity index (χ0n) is 20.5. The van der Waals surface area contributed by atoms with Crippen molar-refractivity contribution < 1.29 is 18.7 Å². The molecule has 37 heavy (non-hydrogen) atoms. The number of carbonyl (C=O) groups excluding carboxylic acids is 1. The van der Waals surface area contributed by atoms with E-state index in [4.69, 9.17) is 0 Å². The first-order chi connectivity index (χ1) is 17.8. The summed E-state index contributed by atoms with van der Waals surface area (Å²) in [5.74, 6) is -1.93. The number of rotatable bonds is 5. The molecule has 1 spiro atoms. The molecule has 1 aromatic heterocycles. The minimum Gasteiger partial charge on any atom is -0.387 e. The summed E-state index contributed by atoms with van der Waals surface area (Å²) in [5.41, 5.74) is -0.504. The smallest absolute Gasteiger partial charge is 0.317 e. The molecule has 0 radical (unpaired) electrons. The number of urea groups is 1. The van der Waals surface area contributed by atoms with E-state index in [-0.39, 0.29) is 36.8 Å². The zero-order valence-corrected chi connectivity index (χ0v) is 20.5. The van der Waals surface area contributed by atoms with Crippen LogP contribution in [0, 0.1) is 17.0 Å². The maximum atomic E-state index is 14.0. The number of nitrogens with zero attached hydrogens (tertiary/aromatic N) is 3. The van der Waals surface area contributed by atoms with Gasteiger partial charge in [0.05, 0.1) is 24.2 Å². The summed E-state index contributed by atoms with van der Waals surface area (Å²) in [4.78, 5) is 32.0. The summed E-state index contributed by atoms with van der Waals surface area (Å²) < 4.78 is 29.0. The largest absolute Gasteiger partial charge is 0.387 e. The van der Waals surface area contributed by atoms with Gasteiger partial charge in [0, 0.05) is 42.2 Å². The van der Waals surface area contributed by atoms with E-state index in [0.29, 0.717) is 18.7 Å². The van der Waals surface area contributed by atoms with Gasteiger partial charge >= 0.3 is 6.03 Å². The normalized spacial score (nSPS) is 20.8. The fourth-order valence-corrected chi connectivity index (χ4v) is 5.83. The van der Waals surface area contributed by atoms with E-state index in [0.717, 1.165) is 37.3 Å². The molecule has 7 nitrogen and oxygen atoms in total. The number of benzene rings is 2. The third-order valence-electron chi connectivity index (χ3n) is 7.97. The molecule has 5 rings (SSSR count). The number of nitrogens with one attached hydrogen (secondary N) is 1. The van der Waals surface area contributed by atoms with Crippen LogP contribution in [0.4, 0.5) is 13.6 Å². The fourth-order valence-electron chi connectivity index (χ4n) is 5.83. The molecule has 1 aliphatic heterocycles. The number of likely N-dealkylation sites (tertiary alicyclic amines) is 1. The van der Waals surface area contributed by atoms with Crippen LogP contribution in [0.5, 0.6) is 0 Å². The summed E-state index contributed by atoms with van der Waals surface area (Å²) in [6.07, 6.45) is 5.09. The van der Waals surface area contributed by atoms with Crippen LogP contribution in [0.25, 0.3) is 11.3 Å². The molecule has 0 bridgehead atoms. The highest BCUT2D eigenvalue weighted by Gasteiger charge is 2.55. The minimum atomic E-state index is -1.19. The third kappa shape index (κ3) is 4.87. The fraction of sp³-hybridized carbons (Fsp3) is 0.393. The van der Waals surface area contributed by atoms with E-state index in [9.17, 15) is 23.5 Å². The number of halogens is 2. The standard InChI is InChI=1S/C28H30F2N4O3/c29-22-10-6-9-21(25(22)30)16-31-26(36)33-14-13-28(37,27(17-33)11-4-5-12-27)18-34-19-32-23(15-24(34)35)20-7-2-1-3-8-20/h1-3,6-10,15,19,37H,4-5,11-14,16-18H2,(H,31,36)/t28-/m1/s1. The number of aliphatic hydroxyl groups is 1. The molecule has 2 aliphatic rings.